The fourth-order valence-electron chi connectivity index (χ4n) is 2.67. The fraction of sp³-hybridized carbons (Fsp3) is 0.692. The molecule has 3 atom stereocenters. The molecule has 0 spiro atoms. The molecule has 2 rings (SSSR count). The van der Waals surface area contributed by atoms with E-state index in [-0.39, 0.29) is 0 Å². The summed E-state index contributed by atoms with van der Waals surface area (Å²) >= 11 is 1.42. The molecule has 3 unspecified atom stereocenters. The maximum Gasteiger partial charge on any atom is 0.310 e. The number of nitrogens with one attached hydrogen (secondary N) is 1. The van der Waals surface area contributed by atoms with Crippen molar-refractivity contribution in [1.82, 2.24) is 9.71 Å². The van der Waals surface area contributed by atoms with Crippen molar-refractivity contribution in [3.63, 3.8) is 0 Å². The Kier molecular flexibility index (Phi) is 5.00. The Labute approximate surface area is 129 Å². The van der Waals surface area contributed by atoms with E-state index in [0.29, 0.717) is 12.8 Å². The van der Waals surface area contributed by atoms with Gasteiger partial charge in [-0.1, -0.05) is 6.42 Å². The zero-order chi connectivity index (χ0) is 15.6. The molecule has 8 heteroatoms. The third kappa shape index (κ3) is 3.61. The highest BCUT2D eigenvalue weighted by atomic mass is 32.2. The van der Waals surface area contributed by atoms with Crippen LogP contribution in [0.2, 0.25) is 0 Å². The van der Waals surface area contributed by atoms with Gasteiger partial charge in [-0.15, -0.1) is 11.3 Å². The maximum atomic E-state index is 12.5. The number of nitrogens with zero attached hydrogens (tertiary/aromatic N) is 1. The van der Waals surface area contributed by atoms with E-state index < -0.39 is 33.2 Å². The van der Waals surface area contributed by atoms with Gasteiger partial charge in [0.15, 0.2) is 0 Å². The molecule has 1 fully saturated rings. The number of aromatic nitrogens is 1. The summed E-state index contributed by atoms with van der Waals surface area (Å²) in [5.41, 5.74) is 0.870. The normalized spacial score (nSPS) is 24.0. The van der Waals surface area contributed by atoms with E-state index in [9.17, 15) is 13.2 Å². The van der Waals surface area contributed by atoms with Crippen LogP contribution < -0.4 is 4.72 Å². The maximum absolute atomic E-state index is 12.5. The second-order valence-electron chi connectivity index (χ2n) is 5.31. The molecule has 1 aliphatic carbocycles. The van der Waals surface area contributed by atoms with Gasteiger partial charge < -0.3 is 4.74 Å². The largest absolute Gasteiger partial charge is 0.469 e. The number of hydrogen-bond donors (Lipinski definition) is 1. The quantitative estimate of drug-likeness (QED) is 0.831. The van der Waals surface area contributed by atoms with Crippen molar-refractivity contribution >= 4 is 27.3 Å². The summed E-state index contributed by atoms with van der Waals surface area (Å²) in [6.45, 7) is 3.63. The van der Waals surface area contributed by atoms with Crippen LogP contribution in [-0.4, -0.2) is 31.7 Å². The molecule has 1 aliphatic rings. The molecule has 6 nitrogen and oxygen atoms in total. The van der Waals surface area contributed by atoms with Gasteiger partial charge >= 0.3 is 5.97 Å². The lowest BCUT2D eigenvalue weighted by Crippen LogP contribution is -2.40. The predicted octanol–water partition coefficient (Wildman–Crippen LogP) is 1.77. The molecule has 1 aromatic rings. The number of rotatable bonds is 5. The number of aryl methyl sites for hydroxylation is 1. The zero-order valence-electron chi connectivity index (χ0n) is 12.3. The van der Waals surface area contributed by atoms with Gasteiger partial charge in [0.05, 0.1) is 24.3 Å². The second-order valence-corrected chi connectivity index (χ2v) is 8.13. The summed E-state index contributed by atoms with van der Waals surface area (Å²) in [5, 5.41) is 1.89. The number of hydrogen-bond acceptors (Lipinski definition) is 6. The van der Waals surface area contributed by atoms with Gasteiger partial charge in [0.2, 0.25) is 10.0 Å². The van der Waals surface area contributed by atoms with Crippen LogP contribution in [-0.2, 0) is 19.6 Å². The first-order valence-corrected chi connectivity index (χ1v) is 9.28. The molecular formula is C13H20N2O4S2. The number of methoxy groups -OCH3 is 1. The van der Waals surface area contributed by atoms with E-state index in [1.807, 2.05) is 12.3 Å². The highest BCUT2D eigenvalue weighted by molar-refractivity contribution is 7.90. The molecule has 0 radical (unpaired) electrons. The zero-order valence-corrected chi connectivity index (χ0v) is 14.0. The van der Waals surface area contributed by atoms with Gasteiger partial charge in [0.1, 0.15) is 5.01 Å². The lowest BCUT2D eigenvalue weighted by atomic mass is 10.1. The van der Waals surface area contributed by atoms with Gasteiger partial charge in [-0.3, -0.25) is 4.79 Å². The van der Waals surface area contributed by atoms with Gasteiger partial charge in [-0.05, 0) is 26.7 Å². The highest BCUT2D eigenvalue weighted by Crippen LogP contribution is 2.32. The molecule has 118 valence electrons. The Bertz CT molecular complexity index is 611. The van der Waals surface area contributed by atoms with E-state index in [1.165, 1.54) is 18.4 Å². The molecule has 1 N–H and O–H groups in total. The molecule has 0 bridgehead atoms. The molecule has 1 saturated carbocycles. The number of carbonyl (C=O) groups excluding carboxylic acids is 1. The lowest BCUT2D eigenvalue weighted by Gasteiger charge is -2.20. The molecule has 0 aromatic carbocycles. The van der Waals surface area contributed by atoms with Crippen LogP contribution in [0, 0.1) is 12.8 Å². The molecule has 0 aliphatic heterocycles. The average Bonchev–Trinajstić information content (AvgIpc) is 3.05. The minimum Gasteiger partial charge on any atom is -0.469 e. The van der Waals surface area contributed by atoms with Crippen molar-refractivity contribution in [1.29, 1.82) is 0 Å². The number of ether oxygens (including phenoxy) is 1. The van der Waals surface area contributed by atoms with E-state index in [4.69, 9.17) is 4.74 Å². The molecular weight excluding hydrogens is 312 g/mol. The standard InChI is InChI=1S/C13H20N2O4S2/c1-8-7-20-12(14-8)9(2)15-21(17,18)11-6-4-5-10(11)13(16)19-3/h7,9-11,15H,4-6H2,1-3H3. The number of thiazole rings is 1. The van der Waals surface area contributed by atoms with Crippen LogP contribution in [0.15, 0.2) is 5.38 Å². The Morgan fingerprint density at radius 1 is 1.52 bits per heavy atom. The van der Waals surface area contributed by atoms with Gasteiger partial charge in [-0.25, -0.2) is 18.1 Å². The molecule has 1 aromatic heterocycles. The van der Waals surface area contributed by atoms with Gasteiger partial charge in [-0.2, -0.15) is 0 Å². The van der Waals surface area contributed by atoms with Crippen LogP contribution >= 0.6 is 11.3 Å². The van der Waals surface area contributed by atoms with Crippen molar-refractivity contribution in [2.45, 2.75) is 44.4 Å². The molecule has 0 amide bonds. The summed E-state index contributed by atoms with van der Waals surface area (Å²) in [6, 6.07) is -0.396. The fourth-order valence-corrected chi connectivity index (χ4v) is 5.49. The Morgan fingerprint density at radius 2 is 2.24 bits per heavy atom. The minimum atomic E-state index is -3.59. The van der Waals surface area contributed by atoms with Crippen molar-refractivity contribution in [2.75, 3.05) is 7.11 Å². The summed E-state index contributed by atoms with van der Waals surface area (Å²) in [6.07, 6.45) is 1.76. The van der Waals surface area contributed by atoms with E-state index in [2.05, 4.69) is 9.71 Å². The van der Waals surface area contributed by atoms with Crippen LogP contribution in [0.5, 0.6) is 0 Å². The number of esters is 1. The Morgan fingerprint density at radius 3 is 2.81 bits per heavy atom. The monoisotopic (exact) mass is 332 g/mol. The first-order chi connectivity index (χ1) is 9.85. The molecule has 21 heavy (non-hydrogen) atoms. The van der Waals surface area contributed by atoms with Crippen molar-refractivity contribution in [3.8, 4) is 0 Å². The summed E-state index contributed by atoms with van der Waals surface area (Å²) in [7, 11) is -2.30. The van der Waals surface area contributed by atoms with Gasteiger partial charge in [0, 0.05) is 11.1 Å². The Hall–Kier alpha value is -0.990. The van der Waals surface area contributed by atoms with Crippen molar-refractivity contribution < 1.29 is 17.9 Å². The summed E-state index contributed by atoms with van der Waals surface area (Å²) in [5.74, 6) is -1.02. The van der Waals surface area contributed by atoms with Crippen molar-refractivity contribution in [2.24, 2.45) is 5.92 Å². The molecule has 1 heterocycles. The van der Waals surface area contributed by atoms with E-state index in [0.717, 1.165) is 17.1 Å². The third-order valence-electron chi connectivity index (χ3n) is 3.70. The lowest BCUT2D eigenvalue weighted by molar-refractivity contribution is -0.145. The van der Waals surface area contributed by atoms with Crippen molar-refractivity contribution in [3.05, 3.63) is 16.1 Å². The predicted molar refractivity (Wildman–Crippen MR) is 80.5 cm³/mol. The number of carbonyl (C=O) groups is 1. The highest BCUT2D eigenvalue weighted by Gasteiger charge is 2.42. The third-order valence-corrected chi connectivity index (χ3v) is 6.89. The van der Waals surface area contributed by atoms with Crippen LogP contribution in [0.4, 0.5) is 0 Å². The van der Waals surface area contributed by atoms with E-state index in [1.54, 1.807) is 6.92 Å². The van der Waals surface area contributed by atoms with Crippen LogP contribution in [0.25, 0.3) is 0 Å². The summed E-state index contributed by atoms with van der Waals surface area (Å²) in [4.78, 5) is 16.0. The topological polar surface area (TPSA) is 85.4 Å². The van der Waals surface area contributed by atoms with E-state index >= 15 is 0 Å². The smallest absolute Gasteiger partial charge is 0.310 e. The van der Waals surface area contributed by atoms with Crippen LogP contribution in [0.3, 0.4) is 0 Å². The number of sulfonamides is 1. The SMILES string of the molecule is COC(=O)C1CCCC1S(=O)(=O)NC(C)c1nc(C)cs1. The molecule has 0 saturated heterocycles. The van der Waals surface area contributed by atoms with Crippen LogP contribution in [0.1, 0.15) is 42.9 Å². The second kappa shape index (κ2) is 6.41. The Balaban J connectivity index is 2.12. The first kappa shape index (κ1) is 16.4. The summed E-state index contributed by atoms with van der Waals surface area (Å²) < 4.78 is 32.4. The first-order valence-electron chi connectivity index (χ1n) is 6.86. The van der Waals surface area contributed by atoms with Gasteiger partial charge in [0.25, 0.3) is 0 Å². The minimum absolute atomic E-state index is 0.396. The average molecular weight is 332 g/mol.